The topological polar surface area (TPSA) is 76.6 Å². The molecule has 1 atom stereocenters. The van der Waals surface area contributed by atoms with Crippen LogP contribution in [0.25, 0.3) is 33.5 Å². The second-order valence-electron chi connectivity index (χ2n) is 10.3. The number of carbonyl (C=O) groups excluding carboxylic acids is 1. The van der Waals surface area contributed by atoms with Gasteiger partial charge in [0.25, 0.3) is 5.91 Å². The molecule has 1 aliphatic heterocycles. The molecule has 1 fully saturated rings. The molecule has 1 unspecified atom stereocenters. The summed E-state index contributed by atoms with van der Waals surface area (Å²) in [5.74, 6) is 1.47. The van der Waals surface area contributed by atoms with Crippen LogP contribution in [0.15, 0.2) is 66.7 Å². The summed E-state index contributed by atoms with van der Waals surface area (Å²) in [7, 11) is 3.30. The maximum absolute atomic E-state index is 13.0. The highest BCUT2D eigenvalue weighted by atomic mass is 16.5. The minimum Gasteiger partial charge on any atom is -0.497 e. The van der Waals surface area contributed by atoms with Crippen LogP contribution in [0.3, 0.4) is 0 Å². The summed E-state index contributed by atoms with van der Waals surface area (Å²) in [6, 6.07) is 21.8. The number of amides is 1. The van der Waals surface area contributed by atoms with E-state index in [1.54, 1.807) is 14.2 Å². The van der Waals surface area contributed by atoms with Crippen LogP contribution in [-0.4, -0.2) is 60.7 Å². The molecule has 208 valence electrons. The van der Waals surface area contributed by atoms with E-state index in [9.17, 15) is 4.79 Å². The highest BCUT2D eigenvalue weighted by molar-refractivity contribution is 5.98. The molecule has 1 N–H and O–H groups in total. The smallest absolute Gasteiger partial charge is 0.251 e. The summed E-state index contributed by atoms with van der Waals surface area (Å²) in [4.78, 5) is 25.6. The Morgan fingerprint density at radius 2 is 1.50 bits per heavy atom. The number of hydrogen-bond acceptors (Lipinski definition) is 6. The first-order valence-corrected chi connectivity index (χ1v) is 14.2. The lowest BCUT2D eigenvalue weighted by Gasteiger charge is -2.35. The average molecular weight is 539 g/mol. The number of rotatable bonds is 10. The van der Waals surface area contributed by atoms with Crippen LogP contribution < -0.4 is 14.8 Å². The van der Waals surface area contributed by atoms with Crippen LogP contribution in [0.1, 0.15) is 49.4 Å². The molecule has 0 radical (unpaired) electrons. The van der Waals surface area contributed by atoms with E-state index in [1.807, 2.05) is 66.7 Å². The highest BCUT2D eigenvalue weighted by Crippen LogP contribution is 2.33. The molecule has 1 amide bonds. The van der Waals surface area contributed by atoms with Gasteiger partial charge in [0.15, 0.2) is 0 Å². The molecule has 0 spiro atoms. The lowest BCUT2D eigenvalue weighted by molar-refractivity contribution is 0.0947. The average Bonchev–Trinajstić information content (AvgIpc) is 3.02. The van der Waals surface area contributed by atoms with Gasteiger partial charge in [-0.15, -0.1) is 0 Å². The maximum atomic E-state index is 13.0. The summed E-state index contributed by atoms with van der Waals surface area (Å²) < 4.78 is 10.7. The number of piperidine rings is 1. The van der Waals surface area contributed by atoms with Crippen molar-refractivity contribution in [2.24, 2.45) is 0 Å². The maximum Gasteiger partial charge on any atom is 0.251 e. The summed E-state index contributed by atoms with van der Waals surface area (Å²) in [6.07, 6.45) is 6.05. The van der Waals surface area contributed by atoms with E-state index in [0.717, 1.165) is 52.5 Å². The third-order valence-electron chi connectivity index (χ3n) is 7.78. The number of methoxy groups -OCH3 is 2. The summed E-state index contributed by atoms with van der Waals surface area (Å²) in [5.41, 5.74) is 5.35. The molecule has 5 rings (SSSR count). The van der Waals surface area contributed by atoms with Crippen molar-refractivity contribution < 1.29 is 14.3 Å². The van der Waals surface area contributed by atoms with Gasteiger partial charge in [0.1, 0.15) is 11.5 Å². The van der Waals surface area contributed by atoms with Gasteiger partial charge in [0, 0.05) is 35.8 Å². The Labute approximate surface area is 236 Å². The number of benzene rings is 3. The van der Waals surface area contributed by atoms with E-state index in [-0.39, 0.29) is 5.91 Å². The molecule has 1 aromatic heterocycles. The Kier molecular flexibility index (Phi) is 8.91. The van der Waals surface area contributed by atoms with Crippen molar-refractivity contribution in [3.63, 3.8) is 0 Å². The number of nitrogens with one attached hydrogen (secondary N) is 1. The Morgan fingerprint density at radius 3 is 2.10 bits per heavy atom. The minimum absolute atomic E-state index is 0.0837. The quantitative estimate of drug-likeness (QED) is 0.237. The zero-order valence-corrected chi connectivity index (χ0v) is 23.7. The molecule has 3 aromatic carbocycles. The highest BCUT2D eigenvalue weighted by Gasteiger charge is 2.20. The van der Waals surface area contributed by atoms with Crippen LogP contribution in [0, 0.1) is 0 Å². The zero-order valence-electron chi connectivity index (χ0n) is 23.7. The fourth-order valence-corrected chi connectivity index (χ4v) is 5.50. The van der Waals surface area contributed by atoms with E-state index in [4.69, 9.17) is 19.4 Å². The first-order chi connectivity index (χ1) is 19.6. The number of hydrogen-bond donors (Lipinski definition) is 1. The third kappa shape index (κ3) is 6.26. The van der Waals surface area contributed by atoms with Crippen LogP contribution in [0.2, 0.25) is 0 Å². The Bertz CT molecular complexity index is 1440. The molecule has 0 saturated carbocycles. The van der Waals surface area contributed by atoms with Crippen molar-refractivity contribution in [3.05, 3.63) is 72.3 Å². The number of fused-ring (bicyclic) bond motifs is 1. The monoisotopic (exact) mass is 538 g/mol. The first-order valence-electron chi connectivity index (χ1n) is 14.2. The molecule has 2 heterocycles. The van der Waals surface area contributed by atoms with Crippen molar-refractivity contribution >= 4 is 16.9 Å². The van der Waals surface area contributed by atoms with E-state index in [0.29, 0.717) is 23.7 Å². The molecule has 4 aromatic rings. The van der Waals surface area contributed by atoms with Gasteiger partial charge >= 0.3 is 0 Å². The minimum atomic E-state index is -0.0837. The largest absolute Gasteiger partial charge is 0.497 e. The fraction of sp³-hybridized carbons (Fsp3) is 0.364. The van der Waals surface area contributed by atoms with Gasteiger partial charge in [-0.1, -0.05) is 13.3 Å². The molecular weight excluding hydrogens is 500 g/mol. The van der Waals surface area contributed by atoms with Gasteiger partial charge in [-0.25, -0.2) is 9.97 Å². The van der Waals surface area contributed by atoms with E-state index in [2.05, 4.69) is 17.1 Å². The lowest BCUT2D eigenvalue weighted by Crippen LogP contribution is -2.40. The second kappa shape index (κ2) is 12.9. The Morgan fingerprint density at radius 1 is 0.875 bits per heavy atom. The number of ether oxygens (including phenoxy) is 2. The van der Waals surface area contributed by atoms with Crippen LogP contribution in [0.4, 0.5) is 0 Å². The second-order valence-corrected chi connectivity index (χ2v) is 10.3. The van der Waals surface area contributed by atoms with Gasteiger partial charge in [-0.2, -0.15) is 0 Å². The molecule has 7 heteroatoms. The number of nitrogens with zero attached hydrogens (tertiary/aromatic N) is 3. The lowest BCUT2D eigenvalue weighted by atomic mass is 10.00. The molecular formula is C33H38N4O3. The van der Waals surface area contributed by atoms with Gasteiger partial charge in [-0.05, 0) is 99.0 Å². The van der Waals surface area contributed by atoms with Crippen molar-refractivity contribution in [1.82, 2.24) is 20.2 Å². The number of likely N-dealkylation sites (tertiary alicyclic amines) is 1. The van der Waals surface area contributed by atoms with Crippen molar-refractivity contribution in [2.75, 3.05) is 33.9 Å². The van der Waals surface area contributed by atoms with Crippen molar-refractivity contribution in [3.8, 4) is 34.0 Å². The standard InChI is InChI=1S/C33H38N4O3/c1-4-26-8-5-6-20-37(26)21-7-19-34-33(38)25-13-18-29-30(22-25)36-32(24-11-16-28(40-3)17-12-24)31(35-29)23-9-14-27(39-2)15-10-23/h9-18,22,26H,4-8,19-21H2,1-3H3,(H,34,38). The predicted octanol–water partition coefficient (Wildman–Crippen LogP) is 6.37. The molecule has 0 bridgehead atoms. The Balaban J connectivity index is 1.38. The summed E-state index contributed by atoms with van der Waals surface area (Å²) in [5, 5.41) is 3.10. The van der Waals surface area contributed by atoms with Gasteiger partial charge in [0.2, 0.25) is 0 Å². The zero-order chi connectivity index (χ0) is 27.9. The van der Waals surface area contributed by atoms with Gasteiger partial charge in [0.05, 0.1) is 36.6 Å². The van der Waals surface area contributed by atoms with Crippen LogP contribution in [0.5, 0.6) is 11.5 Å². The SMILES string of the molecule is CCC1CCCCN1CCCNC(=O)c1ccc2nc(-c3ccc(OC)cc3)c(-c3ccc(OC)cc3)nc2c1. The molecule has 1 saturated heterocycles. The van der Waals surface area contributed by atoms with Crippen LogP contribution in [-0.2, 0) is 0 Å². The van der Waals surface area contributed by atoms with E-state index < -0.39 is 0 Å². The van der Waals surface area contributed by atoms with Gasteiger partial charge in [-0.3, -0.25) is 4.79 Å². The fourth-order valence-electron chi connectivity index (χ4n) is 5.50. The normalized spacial score (nSPS) is 15.6. The number of carbonyl (C=O) groups is 1. The Hall–Kier alpha value is -3.97. The van der Waals surface area contributed by atoms with E-state index >= 15 is 0 Å². The van der Waals surface area contributed by atoms with Crippen molar-refractivity contribution in [1.29, 1.82) is 0 Å². The summed E-state index contributed by atoms with van der Waals surface area (Å²) >= 11 is 0. The predicted molar refractivity (Wildman–Crippen MR) is 160 cm³/mol. The first kappa shape index (κ1) is 27.6. The van der Waals surface area contributed by atoms with E-state index in [1.165, 1.54) is 32.2 Å². The molecule has 1 aliphatic rings. The van der Waals surface area contributed by atoms with Crippen LogP contribution >= 0.6 is 0 Å². The molecule has 7 nitrogen and oxygen atoms in total. The van der Waals surface area contributed by atoms with Crippen molar-refractivity contribution in [2.45, 2.75) is 45.1 Å². The number of aromatic nitrogens is 2. The molecule has 40 heavy (non-hydrogen) atoms. The summed E-state index contributed by atoms with van der Waals surface area (Å²) in [6.45, 7) is 5.13. The third-order valence-corrected chi connectivity index (χ3v) is 7.78. The van der Waals surface area contributed by atoms with Gasteiger partial charge < -0.3 is 19.7 Å². The molecule has 0 aliphatic carbocycles.